The molecule has 1 saturated heterocycles. The highest BCUT2D eigenvalue weighted by atomic mass is 16.3. The van der Waals surface area contributed by atoms with Gasteiger partial charge in [0.25, 0.3) is 17.7 Å². The molecule has 2 aliphatic rings. The van der Waals surface area contributed by atoms with Crippen molar-refractivity contribution in [3.05, 3.63) is 70.8 Å². The number of carbonyl (C=O) groups excluding carboxylic acids is 3. The smallest absolute Gasteiger partial charge is 0.261 e. The molecule has 0 aromatic heterocycles. The lowest BCUT2D eigenvalue weighted by Crippen LogP contribution is -2.40. The summed E-state index contributed by atoms with van der Waals surface area (Å²) in [6.07, 6.45) is 0.878. The van der Waals surface area contributed by atoms with Crippen molar-refractivity contribution < 1.29 is 19.5 Å². The summed E-state index contributed by atoms with van der Waals surface area (Å²) in [5.41, 5.74) is 2.22. The fourth-order valence-corrected chi connectivity index (χ4v) is 3.57. The van der Waals surface area contributed by atoms with E-state index in [1.165, 1.54) is 4.90 Å². The molecule has 4 rings (SSSR count). The van der Waals surface area contributed by atoms with E-state index >= 15 is 0 Å². The largest absolute Gasteiger partial charge is 0.393 e. The molecule has 0 saturated carbocycles. The minimum atomic E-state index is -0.323. The van der Waals surface area contributed by atoms with Gasteiger partial charge in [-0.1, -0.05) is 24.3 Å². The zero-order valence-corrected chi connectivity index (χ0v) is 14.8. The molecule has 1 fully saturated rings. The number of piperidine rings is 1. The molecule has 2 heterocycles. The molecule has 138 valence electrons. The lowest BCUT2D eigenvalue weighted by molar-refractivity contribution is 0.0544. The van der Waals surface area contributed by atoms with Gasteiger partial charge in [-0.25, -0.2) is 0 Å². The first-order valence-electron chi connectivity index (χ1n) is 9.06. The molecule has 2 aliphatic heterocycles. The van der Waals surface area contributed by atoms with E-state index in [9.17, 15) is 19.5 Å². The molecule has 2 aromatic rings. The Morgan fingerprint density at radius 3 is 2.04 bits per heavy atom. The Morgan fingerprint density at radius 1 is 0.926 bits per heavy atom. The van der Waals surface area contributed by atoms with Gasteiger partial charge in [0.2, 0.25) is 0 Å². The number of carbonyl (C=O) groups is 3. The van der Waals surface area contributed by atoms with Crippen molar-refractivity contribution in [3.8, 4) is 0 Å². The first kappa shape index (κ1) is 17.4. The topological polar surface area (TPSA) is 77.9 Å². The van der Waals surface area contributed by atoms with Crippen molar-refractivity contribution in [1.29, 1.82) is 0 Å². The van der Waals surface area contributed by atoms with Crippen LogP contribution < -0.4 is 0 Å². The number of amides is 3. The summed E-state index contributed by atoms with van der Waals surface area (Å²) in [6, 6.07) is 13.8. The van der Waals surface area contributed by atoms with E-state index in [1.54, 1.807) is 53.4 Å². The van der Waals surface area contributed by atoms with E-state index in [0.717, 1.165) is 5.56 Å². The average molecular weight is 364 g/mol. The SMILES string of the molecule is O=C(c1ccc(CN2C(=O)c3ccccc3C2=O)cc1)N1CCC(O)CC1. The van der Waals surface area contributed by atoms with Gasteiger partial charge in [0.05, 0.1) is 23.8 Å². The number of hydrogen-bond donors (Lipinski definition) is 1. The maximum atomic E-state index is 12.5. The molecule has 0 spiro atoms. The van der Waals surface area contributed by atoms with Crippen LogP contribution in [0.15, 0.2) is 48.5 Å². The second-order valence-electron chi connectivity index (χ2n) is 6.96. The number of nitrogens with zero attached hydrogens (tertiary/aromatic N) is 2. The quantitative estimate of drug-likeness (QED) is 0.846. The molecular weight excluding hydrogens is 344 g/mol. The molecule has 3 amide bonds. The lowest BCUT2D eigenvalue weighted by atomic mass is 10.1. The Morgan fingerprint density at radius 2 is 1.48 bits per heavy atom. The van der Waals surface area contributed by atoms with E-state index in [4.69, 9.17) is 0 Å². The molecule has 0 radical (unpaired) electrons. The summed E-state index contributed by atoms with van der Waals surface area (Å²) in [5.74, 6) is -0.639. The summed E-state index contributed by atoms with van der Waals surface area (Å²) in [5, 5.41) is 9.56. The first-order valence-corrected chi connectivity index (χ1v) is 9.06. The van der Waals surface area contributed by atoms with Gasteiger partial charge >= 0.3 is 0 Å². The Bertz CT molecular complexity index is 864. The Labute approximate surface area is 157 Å². The number of imide groups is 1. The van der Waals surface area contributed by atoms with Gasteiger partial charge in [0.1, 0.15) is 0 Å². The van der Waals surface area contributed by atoms with Crippen LogP contribution >= 0.6 is 0 Å². The number of benzene rings is 2. The van der Waals surface area contributed by atoms with Gasteiger partial charge in [-0.15, -0.1) is 0 Å². The van der Waals surface area contributed by atoms with Crippen molar-refractivity contribution >= 4 is 17.7 Å². The van der Waals surface area contributed by atoms with Crippen LogP contribution in [0.4, 0.5) is 0 Å². The molecule has 0 unspecified atom stereocenters. The monoisotopic (exact) mass is 364 g/mol. The zero-order valence-electron chi connectivity index (χ0n) is 14.8. The fraction of sp³-hybridized carbons (Fsp3) is 0.286. The third-order valence-electron chi connectivity index (χ3n) is 5.17. The highest BCUT2D eigenvalue weighted by Gasteiger charge is 2.35. The average Bonchev–Trinajstić information content (AvgIpc) is 2.94. The van der Waals surface area contributed by atoms with Crippen LogP contribution in [0.5, 0.6) is 0 Å². The maximum absolute atomic E-state index is 12.5. The van der Waals surface area contributed by atoms with Gasteiger partial charge in [0, 0.05) is 18.7 Å². The second-order valence-corrected chi connectivity index (χ2v) is 6.96. The number of aliphatic hydroxyl groups excluding tert-OH is 1. The lowest BCUT2D eigenvalue weighted by Gasteiger charge is -2.29. The Balaban J connectivity index is 1.45. The van der Waals surface area contributed by atoms with Gasteiger partial charge in [-0.2, -0.15) is 0 Å². The number of hydrogen-bond acceptors (Lipinski definition) is 4. The summed E-state index contributed by atoms with van der Waals surface area (Å²) in [4.78, 5) is 40.4. The molecular formula is C21H20N2O4. The predicted octanol–water partition coefficient (Wildman–Crippen LogP) is 2.08. The van der Waals surface area contributed by atoms with E-state index in [1.807, 2.05) is 0 Å². The first-order chi connectivity index (χ1) is 13.0. The molecule has 0 aliphatic carbocycles. The van der Waals surface area contributed by atoms with Crippen molar-refractivity contribution in [2.45, 2.75) is 25.5 Å². The van der Waals surface area contributed by atoms with Crippen molar-refractivity contribution in [1.82, 2.24) is 9.80 Å². The molecule has 27 heavy (non-hydrogen) atoms. The van der Waals surface area contributed by atoms with Crippen LogP contribution in [0.3, 0.4) is 0 Å². The number of aliphatic hydroxyl groups is 1. The standard InChI is InChI=1S/C21H20N2O4/c24-16-9-11-22(12-10-16)19(25)15-7-5-14(6-8-15)13-23-20(26)17-3-1-2-4-18(17)21(23)27/h1-8,16,24H,9-13H2. The summed E-state index contributed by atoms with van der Waals surface area (Å²) >= 11 is 0. The predicted molar refractivity (Wildman–Crippen MR) is 98.2 cm³/mol. The molecule has 0 bridgehead atoms. The van der Waals surface area contributed by atoms with Crippen LogP contribution in [-0.2, 0) is 6.54 Å². The summed E-state index contributed by atoms with van der Waals surface area (Å²) in [7, 11) is 0. The second kappa shape index (κ2) is 6.96. The summed E-state index contributed by atoms with van der Waals surface area (Å²) < 4.78 is 0. The number of likely N-dealkylation sites (tertiary alicyclic amines) is 1. The Kier molecular flexibility index (Phi) is 4.49. The van der Waals surface area contributed by atoms with Gasteiger partial charge in [-0.3, -0.25) is 19.3 Å². The fourth-order valence-electron chi connectivity index (χ4n) is 3.57. The van der Waals surface area contributed by atoms with Gasteiger partial charge in [-0.05, 0) is 42.7 Å². The molecule has 1 N–H and O–H groups in total. The highest BCUT2D eigenvalue weighted by Crippen LogP contribution is 2.24. The normalized spacial score (nSPS) is 17.4. The van der Waals surface area contributed by atoms with E-state index in [-0.39, 0.29) is 30.4 Å². The van der Waals surface area contributed by atoms with Gasteiger partial charge < -0.3 is 10.0 Å². The van der Waals surface area contributed by atoms with Crippen LogP contribution in [0.1, 0.15) is 49.5 Å². The van der Waals surface area contributed by atoms with Crippen molar-refractivity contribution in [2.75, 3.05) is 13.1 Å². The van der Waals surface area contributed by atoms with Crippen molar-refractivity contribution in [3.63, 3.8) is 0 Å². The molecule has 2 aromatic carbocycles. The number of rotatable bonds is 3. The zero-order chi connectivity index (χ0) is 19.0. The van der Waals surface area contributed by atoms with Crippen LogP contribution in [-0.4, -0.2) is 51.8 Å². The van der Waals surface area contributed by atoms with Crippen LogP contribution in [0, 0.1) is 0 Å². The van der Waals surface area contributed by atoms with E-state index < -0.39 is 0 Å². The van der Waals surface area contributed by atoms with Crippen LogP contribution in [0.2, 0.25) is 0 Å². The van der Waals surface area contributed by atoms with Crippen molar-refractivity contribution in [2.24, 2.45) is 0 Å². The van der Waals surface area contributed by atoms with E-state index in [0.29, 0.717) is 42.6 Å². The summed E-state index contributed by atoms with van der Waals surface area (Å²) in [6.45, 7) is 1.28. The van der Waals surface area contributed by atoms with Gasteiger partial charge in [0.15, 0.2) is 0 Å². The molecule has 6 nitrogen and oxygen atoms in total. The molecule has 0 atom stereocenters. The number of fused-ring (bicyclic) bond motifs is 1. The maximum Gasteiger partial charge on any atom is 0.261 e. The Hall–Kier alpha value is -2.99. The highest BCUT2D eigenvalue weighted by molar-refractivity contribution is 6.21. The minimum Gasteiger partial charge on any atom is -0.393 e. The third-order valence-corrected chi connectivity index (χ3v) is 5.17. The minimum absolute atomic E-state index is 0.0609. The third kappa shape index (κ3) is 3.24. The van der Waals surface area contributed by atoms with Crippen LogP contribution in [0.25, 0.3) is 0 Å². The molecule has 6 heteroatoms. The van der Waals surface area contributed by atoms with E-state index in [2.05, 4.69) is 0 Å².